The molecule has 4 bridgehead atoms. The van der Waals surface area contributed by atoms with Crippen molar-refractivity contribution < 1.29 is 19.5 Å². The van der Waals surface area contributed by atoms with Gasteiger partial charge < -0.3 is 21.1 Å². The van der Waals surface area contributed by atoms with Crippen LogP contribution in [0.3, 0.4) is 0 Å². The molecule has 0 radical (unpaired) electrons. The Morgan fingerprint density at radius 2 is 1.65 bits per heavy atom. The quantitative estimate of drug-likeness (QED) is 0.528. The van der Waals surface area contributed by atoms with Gasteiger partial charge >= 0.3 is 12.0 Å². The summed E-state index contributed by atoms with van der Waals surface area (Å²) in [5.41, 5.74) is -0.0450. The van der Waals surface area contributed by atoms with Crippen LogP contribution < -0.4 is 16.0 Å². The molecule has 0 spiro atoms. The van der Waals surface area contributed by atoms with Crippen LogP contribution in [0.2, 0.25) is 0 Å². The van der Waals surface area contributed by atoms with E-state index in [9.17, 15) is 14.4 Å². The smallest absolute Gasteiger partial charge is 0.326 e. The highest BCUT2D eigenvalue weighted by atomic mass is 16.4. The van der Waals surface area contributed by atoms with Crippen molar-refractivity contribution in [2.45, 2.75) is 76.3 Å². The first-order valence-electron chi connectivity index (χ1n) is 9.97. The first-order chi connectivity index (χ1) is 12.4. The van der Waals surface area contributed by atoms with Crippen molar-refractivity contribution in [1.82, 2.24) is 16.0 Å². The van der Waals surface area contributed by atoms with E-state index in [1.54, 1.807) is 0 Å². The molecule has 0 heterocycles. The number of carbonyl (C=O) groups excluding carboxylic acids is 2. The molecule has 0 aliphatic heterocycles. The lowest BCUT2D eigenvalue weighted by atomic mass is 9.53. The summed E-state index contributed by atoms with van der Waals surface area (Å²) in [6.45, 7) is 2.08. The highest BCUT2D eigenvalue weighted by Gasteiger charge is 2.51. The van der Waals surface area contributed by atoms with E-state index in [-0.39, 0.29) is 30.4 Å². The lowest BCUT2D eigenvalue weighted by Crippen LogP contribution is -2.61. The van der Waals surface area contributed by atoms with Gasteiger partial charge in [0.15, 0.2) is 0 Å². The van der Waals surface area contributed by atoms with Gasteiger partial charge in [-0.05, 0) is 62.7 Å². The number of amides is 3. The van der Waals surface area contributed by atoms with E-state index in [0.717, 1.165) is 37.0 Å². The van der Waals surface area contributed by atoms with Gasteiger partial charge in [0.05, 0.1) is 0 Å². The number of carboxylic acid groups (broad SMARTS) is 1. The minimum absolute atomic E-state index is 0.0450. The Morgan fingerprint density at radius 3 is 2.15 bits per heavy atom. The molecule has 26 heavy (non-hydrogen) atoms. The summed E-state index contributed by atoms with van der Waals surface area (Å²) in [6.07, 6.45) is 8.41. The van der Waals surface area contributed by atoms with E-state index < -0.39 is 12.0 Å². The molecule has 4 aliphatic rings. The van der Waals surface area contributed by atoms with Gasteiger partial charge in [-0.3, -0.25) is 4.79 Å². The van der Waals surface area contributed by atoms with E-state index in [1.807, 2.05) is 6.92 Å². The normalized spacial score (nSPS) is 32.7. The van der Waals surface area contributed by atoms with Crippen molar-refractivity contribution in [1.29, 1.82) is 0 Å². The minimum Gasteiger partial charge on any atom is -0.480 e. The molecule has 4 saturated carbocycles. The Kier molecular flexibility index (Phi) is 5.73. The Balaban J connectivity index is 1.39. The predicted octanol–water partition coefficient (Wildman–Crippen LogP) is 2.01. The van der Waals surface area contributed by atoms with E-state index >= 15 is 0 Å². The van der Waals surface area contributed by atoms with Crippen molar-refractivity contribution in [3.05, 3.63) is 0 Å². The van der Waals surface area contributed by atoms with E-state index in [1.165, 1.54) is 19.3 Å². The molecule has 4 aliphatic carbocycles. The van der Waals surface area contributed by atoms with E-state index in [4.69, 9.17) is 5.11 Å². The number of carboxylic acids is 1. The fourth-order valence-corrected chi connectivity index (χ4v) is 5.65. The number of urea groups is 1. The highest BCUT2D eigenvalue weighted by molar-refractivity contribution is 5.84. The van der Waals surface area contributed by atoms with Crippen LogP contribution in [-0.2, 0) is 9.59 Å². The second-order valence-corrected chi connectivity index (χ2v) is 8.58. The van der Waals surface area contributed by atoms with E-state index in [0.29, 0.717) is 12.8 Å². The summed E-state index contributed by atoms with van der Waals surface area (Å²) in [6, 6.07) is -1.06. The summed E-state index contributed by atoms with van der Waals surface area (Å²) in [4.78, 5) is 35.2. The van der Waals surface area contributed by atoms with Gasteiger partial charge in [-0.25, -0.2) is 9.59 Å². The zero-order chi connectivity index (χ0) is 18.7. The largest absolute Gasteiger partial charge is 0.480 e. The third kappa shape index (κ3) is 4.48. The second-order valence-electron chi connectivity index (χ2n) is 8.58. The van der Waals surface area contributed by atoms with Crippen LogP contribution in [-0.4, -0.2) is 41.1 Å². The maximum atomic E-state index is 12.3. The van der Waals surface area contributed by atoms with Crippen molar-refractivity contribution >= 4 is 17.9 Å². The molecule has 7 nitrogen and oxygen atoms in total. The van der Waals surface area contributed by atoms with Crippen LogP contribution >= 0.6 is 0 Å². The summed E-state index contributed by atoms with van der Waals surface area (Å²) in [7, 11) is 0. The van der Waals surface area contributed by atoms with Crippen LogP contribution in [0.25, 0.3) is 0 Å². The molecule has 4 fully saturated rings. The maximum Gasteiger partial charge on any atom is 0.326 e. The molecule has 146 valence electrons. The number of nitrogens with one attached hydrogen (secondary N) is 3. The Hall–Kier alpha value is -1.79. The zero-order valence-electron chi connectivity index (χ0n) is 15.6. The second kappa shape index (κ2) is 7.84. The SMILES string of the molecule is CCCC(NC(=O)CCNC(=O)NC12CC3CC(CC(C3)C1)C2)C(=O)O. The van der Waals surface area contributed by atoms with Crippen LogP contribution in [0.1, 0.15) is 64.7 Å². The molecule has 0 aromatic heterocycles. The highest BCUT2D eigenvalue weighted by Crippen LogP contribution is 2.55. The number of rotatable bonds is 8. The summed E-state index contributed by atoms with van der Waals surface area (Å²) >= 11 is 0. The fraction of sp³-hybridized carbons (Fsp3) is 0.842. The lowest BCUT2D eigenvalue weighted by molar-refractivity contribution is -0.142. The monoisotopic (exact) mass is 365 g/mol. The van der Waals surface area contributed by atoms with Crippen molar-refractivity contribution in [3.63, 3.8) is 0 Å². The van der Waals surface area contributed by atoms with Crippen LogP contribution in [0.15, 0.2) is 0 Å². The average Bonchev–Trinajstić information content (AvgIpc) is 2.52. The molecular weight excluding hydrogens is 334 g/mol. The third-order valence-electron chi connectivity index (χ3n) is 6.27. The van der Waals surface area contributed by atoms with Gasteiger partial charge in [-0.15, -0.1) is 0 Å². The first kappa shape index (κ1) is 19.0. The van der Waals surface area contributed by atoms with Gasteiger partial charge in [0.25, 0.3) is 0 Å². The van der Waals surface area contributed by atoms with Crippen LogP contribution in [0.5, 0.6) is 0 Å². The average molecular weight is 365 g/mol. The topological polar surface area (TPSA) is 108 Å². The van der Waals surface area contributed by atoms with Crippen molar-refractivity contribution in [2.24, 2.45) is 17.8 Å². The molecule has 0 aromatic carbocycles. The van der Waals surface area contributed by atoms with Crippen LogP contribution in [0.4, 0.5) is 4.79 Å². The molecule has 0 aromatic rings. The van der Waals surface area contributed by atoms with Crippen molar-refractivity contribution in [3.8, 4) is 0 Å². The predicted molar refractivity (Wildman–Crippen MR) is 96.5 cm³/mol. The van der Waals surface area contributed by atoms with E-state index in [2.05, 4.69) is 16.0 Å². The van der Waals surface area contributed by atoms with Crippen molar-refractivity contribution in [2.75, 3.05) is 6.54 Å². The molecule has 7 heteroatoms. The van der Waals surface area contributed by atoms with Crippen LogP contribution in [0, 0.1) is 17.8 Å². The van der Waals surface area contributed by atoms with Gasteiger partial charge in [-0.2, -0.15) is 0 Å². The number of hydrogen-bond donors (Lipinski definition) is 4. The molecule has 0 saturated heterocycles. The summed E-state index contributed by atoms with van der Waals surface area (Å²) in [5.74, 6) is 0.921. The number of hydrogen-bond acceptors (Lipinski definition) is 3. The zero-order valence-corrected chi connectivity index (χ0v) is 15.6. The molecule has 1 unspecified atom stereocenters. The van der Waals surface area contributed by atoms with Gasteiger partial charge in [0.1, 0.15) is 6.04 Å². The lowest BCUT2D eigenvalue weighted by Gasteiger charge is -2.56. The Morgan fingerprint density at radius 1 is 1.08 bits per heavy atom. The minimum atomic E-state index is -1.02. The first-order valence-corrected chi connectivity index (χ1v) is 9.97. The molecule has 3 amide bonds. The molecule has 1 atom stereocenters. The van der Waals surface area contributed by atoms with Gasteiger partial charge in [0, 0.05) is 18.5 Å². The summed E-state index contributed by atoms with van der Waals surface area (Å²) < 4.78 is 0. The standard InChI is InChI=1S/C19H31N3O4/c1-2-3-15(17(24)25)21-16(23)4-5-20-18(26)22-19-9-12-6-13(10-19)8-14(7-12)11-19/h12-15H,2-11H2,1H3,(H,21,23)(H,24,25)(H2,20,22,26). The van der Waals surface area contributed by atoms with Gasteiger partial charge in [0.2, 0.25) is 5.91 Å². The third-order valence-corrected chi connectivity index (χ3v) is 6.27. The molecule has 4 rings (SSSR count). The molecule has 4 N–H and O–H groups in total. The van der Waals surface area contributed by atoms with Gasteiger partial charge in [-0.1, -0.05) is 13.3 Å². The number of carbonyl (C=O) groups is 3. The maximum absolute atomic E-state index is 12.3. The number of aliphatic carboxylic acids is 1. The molecular formula is C19H31N3O4. The summed E-state index contributed by atoms with van der Waals surface area (Å²) in [5, 5.41) is 17.5. The fourth-order valence-electron chi connectivity index (χ4n) is 5.65. The Labute approximate surface area is 154 Å². The Bertz CT molecular complexity index is 528.